The number of rotatable bonds is 1. The van der Waals surface area contributed by atoms with Gasteiger partial charge >= 0.3 is 71.7 Å². The molecule has 3 nitrogen and oxygen atoms in total. The Hall–Kier alpha value is -0.472. The third kappa shape index (κ3) is 2.26. The van der Waals surface area contributed by atoms with E-state index in [1.807, 2.05) is 0 Å². The van der Waals surface area contributed by atoms with Crippen molar-refractivity contribution in [1.82, 2.24) is 0 Å². The molecular weight excluding hydrogens is 287 g/mol. The molecule has 1 rings (SSSR count). The molecule has 0 aliphatic carbocycles. The van der Waals surface area contributed by atoms with Gasteiger partial charge in [0.2, 0.25) is 0 Å². The van der Waals surface area contributed by atoms with Gasteiger partial charge in [0.1, 0.15) is 0 Å². The number of halogens is 1. The molecule has 0 aliphatic rings. The molecule has 2 N–H and O–H groups in total. The van der Waals surface area contributed by atoms with Gasteiger partial charge in [0.15, 0.2) is 0 Å². The first kappa shape index (κ1) is 11.5. The van der Waals surface area contributed by atoms with Crippen molar-refractivity contribution in [2.24, 2.45) is 0 Å². The standard InChI is InChI=1S/C7H7AsO3.BrH/c8-6-4(7(10)11)2-1-3-5(6)9;/h1-3,9H,8H2,(H,10,11);1H. The first-order valence-electron chi connectivity index (χ1n) is 2.93. The number of benzene rings is 1. The van der Waals surface area contributed by atoms with E-state index in [1.165, 1.54) is 18.2 Å². The molecule has 1 aromatic carbocycles. The Morgan fingerprint density at radius 2 is 2.00 bits per heavy atom. The SMILES string of the molecule is Br.O=C(O)c1cccc(O)c1[AsH2]. The topological polar surface area (TPSA) is 57.5 Å². The Kier molecular flexibility index (Phi) is 4.35. The average Bonchev–Trinajstić information content (AvgIpc) is 1.94. The van der Waals surface area contributed by atoms with Crippen molar-refractivity contribution in [3.05, 3.63) is 23.8 Å². The molecule has 0 heterocycles. The molecule has 0 aliphatic heterocycles. The zero-order valence-electron chi connectivity index (χ0n) is 6.02. The summed E-state index contributed by atoms with van der Waals surface area (Å²) >= 11 is 1.11. The second-order valence-corrected chi connectivity index (χ2v) is 3.25. The predicted molar refractivity (Wildman–Crippen MR) is 53.6 cm³/mol. The molecule has 0 saturated heterocycles. The third-order valence-electron chi connectivity index (χ3n) is 1.31. The molecule has 0 fully saturated rings. The van der Waals surface area contributed by atoms with Gasteiger partial charge in [0.05, 0.1) is 0 Å². The van der Waals surface area contributed by atoms with Crippen LogP contribution in [0.1, 0.15) is 10.4 Å². The summed E-state index contributed by atoms with van der Waals surface area (Å²) in [5, 5.41) is 17.7. The minimum absolute atomic E-state index is 0. The van der Waals surface area contributed by atoms with Crippen LogP contribution in [0.25, 0.3) is 0 Å². The molecule has 12 heavy (non-hydrogen) atoms. The van der Waals surface area contributed by atoms with E-state index in [2.05, 4.69) is 0 Å². The molecule has 0 aromatic heterocycles. The normalized spacial score (nSPS) is 8.75. The molecule has 0 saturated carbocycles. The van der Waals surface area contributed by atoms with Crippen molar-refractivity contribution in [3.8, 4) is 5.75 Å². The average molecular weight is 295 g/mol. The van der Waals surface area contributed by atoms with Crippen molar-refractivity contribution in [3.63, 3.8) is 0 Å². The van der Waals surface area contributed by atoms with Crippen LogP contribution >= 0.6 is 17.0 Å². The maximum atomic E-state index is 10.5. The van der Waals surface area contributed by atoms with Gasteiger partial charge in [-0.05, 0) is 0 Å². The van der Waals surface area contributed by atoms with Gasteiger partial charge in [-0.1, -0.05) is 0 Å². The Morgan fingerprint density at radius 1 is 1.42 bits per heavy atom. The van der Waals surface area contributed by atoms with Crippen LogP contribution in [0.15, 0.2) is 18.2 Å². The zero-order valence-corrected chi connectivity index (χ0v) is 10.2. The third-order valence-corrected chi connectivity index (χ3v) is 2.59. The molecule has 0 bridgehead atoms. The number of phenols is 1. The summed E-state index contributed by atoms with van der Waals surface area (Å²) in [7, 11) is 0. The van der Waals surface area contributed by atoms with E-state index in [-0.39, 0.29) is 28.3 Å². The van der Waals surface area contributed by atoms with E-state index in [1.54, 1.807) is 0 Å². The quantitative estimate of drug-likeness (QED) is 0.713. The Balaban J connectivity index is 0.00000121. The molecule has 66 valence electrons. The van der Waals surface area contributed by atoms with Crippen molar-refractivity contribution >= 4 is 44.2 Å². The number of aromatic hydroxyl groups is 1. The van der Waals surface area contributed by atoms with Gasteiger partial charge in [0, 0.05) is 0 Å². The van der Waals surface area contributed by atoms with Gasteiger partial charge in [-0.15, -0.1) is 17.0 Å². The van der Waals surface area contributed by atoms with E-state index < -0.39 is 5.97 Å². The number of phenolic OH excluding ortho intramolecular Hbond substituents is 1. The molecule has 5 heteroatoms. The van der Waals surface area contributed by atoms with Crippen LogP contribution in [0.3, 0.4) is 0 Å². The predicted octanol–water partition coefficient (Wildman–Crippen LogP) is -0.0733. The number of carboxylic acid groups (broad SMARTS) is 1. The van der Waals surface area contributed by atoms with Crippen LogP contribution < -0.4 is 4.35 Å². The van der Waals surface area contributed by atoms with Crippen molar-refractivity contribution in [1.29, 1.82) is 0 Å². The first-order chi connectivity index (χ1) is 5.13. The van der Waals surface area contributed by atoms with E-state index in [9.17, 15) is 4.79 Å². The fourth-order valence-electron chi connectivity index (χ4n) is 0.740. The molecule has 0 spiro atoms. The molecule has 1 unspecified atom stereocenters. The Labute approximate surface area is 88.7 Å². The summed E-state index contributed by atoms with van der Waals surface area (Å²) in [5.41, 5.74) is 0.171. The Morgan fingerprint density at radius 3 is 2.42 bits per heavy atom. The summed E-state index contributed by atoms with van der Waals surface area (Å²) < 4.78 is 0.465. The number of carboxylic acids is 1. The van der Waals surface area contributed by atoms with Gasteiger partial charge in [-0.3, -0.25) is 0 Å². The van der Waals surface area contributed by atoms with Gasteiger partial charge in [0.25, 0.3) is 0 Å². The van der Waals surface area contributed by atoms with Gasteiger partial charge < -0.3 is 0 Å². The van der Waals surface area contributed by atoms with Crippen LogP contribution in [0.4, 0.5) is 0 Å². The fraction of sp³-hybridized carbons (Fsp3) is 0. The summed E-state index contributed by atoms with van der Waals surface area (Å²) in [6.07, 6.45) is 0. The minimum atomic E-state index is -1.000. The monoisotopic (exact) mass is 294 g/mol. The maximum absolute atomic E-state index is 10.5. The van der Waals surface area contributed by atoms with Crippen LogP contribution in [-0.4, -0.2) is 33.0 Å². The van der Waals surface area contributed by atoms with Crippen LogP contribution in [0, 0.1) is 0 Å². The molecule has 0 amide bonds. The second kappa shape index (κ2) is 4.53. The van der Waals surface area contributed by atoms with Crippen LogP contribution in [-0.2, 0) is 0 Å². The summed E-state index contributed by atoms with van der Waals surface area (Å²) in [5.74, 6) is -0.954. The zero-order chi connectivity index (χ0) is 8.43. The van der Waals surface area contributed by atoms with Crippen LogP contribution in [0.5, 0.6) is 5.75 Å². The van der Waals surface area contributed by atoms with E-state index >= 15 is 0 Å². The number of hydrogen-bond donors (Lipinski definition) is 2. The number of hydrogen-bond acceptors (Lipinski definition) is 2. The van der Waals surface area contributed by atoms with Crippen molar-refractivity contribution in [2.75, 3.05) is 0 Å². The number of aromatic carboxylic acids is 1. The summed E-state index contributed by atoms with van der Waals surface area (Å²) in [6.45, 7) is 0. The number of carbonyl (C=O) groups is 1. The van der Waals surface area contributed by atoms with Crippen molar-refractivity contribution in [2.45, 2.75) is 0 Å². The molecule has 1 atom stereocenters. The van der Waals surface area contributed by atoms with E-state index in [0.717, 1.165) is 16.9 Å². The fourth-order valence-corrected chi connectivity index (χ4v) is 1.40. The van der Waals surface area contributed by atoms with Crippen molar-refractivity contribution < 1.29 is 15.0 Å². The first-order valence-corrected chi connectivity index (χ1v) is 4.15. The summed E-state index contributed by atoms with van der Waals surface area (Å²) in [4.78, 5) is 10.5. The summed E-state index contributed by atoms with van der Waals surface area (Å²) in [6, 6.07) is 4.46. The van der Waals surface area contributed by atoms with E-state index in [0.29, 0.717) is 4.35 Å². The molecule has 1 aromatic rings. The van der Waals surface area contributed by atoms with E-state index in [4.69, 9.17) is 10.2 Å². The Bertz CT molecular complexity index is 301. The second-order valence-electron chi connectivity index (χ2n) is 2.04. The van der Waals surface area contributed by atoms with Gasteiger partial charge in [-0.25, -0.2) is 0 Å². The van der Waals surface area contributed by atoms with Gasteiger partial charge in [-0.2, -0.15) is 0 Å². The van der Waals surface area contributed by atoms with Crippen LogP contribution in [0.2, 0.25) is 0 Å². The molecule has 0 radical (unpaired) electrons. The molecular formula is C7H8AsBrO3.